The van der Waals surface area contributed by atoms with Crippen molar-refractivity contribution in [1.82, 2.24) is 5.32 Å². The first-order valence-electron chi connectivity index (χ1n) is 8.19. The van der Waals surface area contributed by atoms with Crippen LogP contribution in [-0.2, 0) is 19.1 Å². The van der Waals surface area contributed by atoms with Gasteiger partial charge in [-0.15, -0.1) is 0 Å². The predicted molar refractivity (Wildman–Crippen MR) is 92.5 cm³/mol. The summed E-state index contributed by atoms with van der Waals surface area (Å²) in [7, 11) is 2.68. The van der Waals surface area contributed by atoms with E-state index < -0.39 is 23.8 Å². The molecule has 1 N–H and O–H groups in total. The lowest BCUT2D eigenvalue weighted by Gasteiger charge is -2.21. The number of carbonyl (C=O) groups is 2. The number of rotatable bonds is 4. The van der Waals surface area contributed by atoms with Gasteiger partial charge in [-0.05, 0) is 11.1 Å². The Balaban J connectivity index is 2.07. The second-order valence-electron chi connectivity index (χ2n) is 6.04. The Labute approximate surface area is 147 Å². The monoisotopic (exact) mass is 339 g/mol. The number of ether oxygens (including phenoxy) is 2. The number of hydrogen-bond donors (Lipinski definition) is 1. The molecule has 0 unspecified atom stereocenters. The van der Waals surface area contributed by atoms with Crippen LogP contribution in [0.5, 0.6) is 0 Å². The molecule has 3 rings (SSSR count). The molecule has 1 heterocycles. The Kier molecular flexibility index (Phi) is 5.14. The summed E-state index contributed by atoms with van der Waals surface area (Å²) < 4.78 is 10.0. The van der Waals surface area contributed by atoms with Crippen LogP contribution in [0.25, 0.3) is 0 Å². The molecule has 1 fully saturated rings. The minimum atomic E-state index is -0.662. The minimum Gasteiger partial charge on any atom is -0.469 e. The summed E-state index contributed by atoms with van der Waals surface area (Å²) >= 11 is 0. The van der Waals surface area contributed by atoms with Crippen LogP contribution in [0.2, 0.25) is 0 Å². The third kappa shape index (κ3) is 3.28. The third-order valence-electron chi connectivity index (χ3n) is 4.73. The predicted octanol–water partition coefficient (Wildman–Crippen LogP) is 2.65. The molecule has 5 heteroatoms. The molecule has 0 spiro atoms. The average Bonchev–Trinajstić information content (AvgIpc) is 3.08. The first kappa shape index (κ1) is 17.2. The maximum absolute atomic E-state index is 12.5. The highest BCUT2D eigenvalue weighted by Crippen LogP contribution is 2.45. The summed E-state index contributed by atoms with van der Waals surface area (Å²) in [6.07, 6.45) is 0. The summed E-state index contributed by atoms with van der Waals surface area (Å²) in [6.45, 7) is 0. The van der Waals surface area contributed by atoms with Gasteiger partial charge in [0.15, 0.2) is 0 Å². The molecule has 25 heavy (non-hydrogen) atoms. The van der Waals surface area contributed by atoms with Crippen LogP contribution in [-0.4, -0.2) is 26.2 Å². The van der Waals surface area contributed by atoms with Gasteiger partial charge in [-0.3, -0.25) is 9.59 Å². The second kappa shape index (κ2) is 7.49. The van der Waals surface area contributed by atoms with Gasteiger partial charge in [0.2, 0.25) is 0 Å². The molecule has 0 saturated carbocycles. The van der Waals surface area contributed by atoms with E-state index in [-0.39, 0.29) is 12.1 Å². The van der Waals surface area contributed by atoms with Crippen molar-refractivity contribution in [3.05, 3.63) is 71.8 Å². The summed E-state index contributed by atoms with van der Waals surface area (Å²) in [5, 5.41) is 3.45. The lowest BCUT2D eigenvalue weighted by molar-refractivity contribution is -0.157. The number of methoxy groups -OCH3 is 2. The van der Waals surface area contributed by atoms with Crippen LogP contribution in [0.1, 0.15) is 23.2 Å². The van der Waals surface area contributed by atoms with Crippen molar-refractivity contribution in [2.45, 2.75) is 12.1 Å². The van der Waals surface area contributed by atoms with Crippen molar-refractivity contribution >= 4 is 11.9 Å². The van der Waals surface area contributed by atoms with E-state index in [4.69, 9.17) is 9.47 Å². The van der Waals surface area contributed by atoms with E-state index in [2.05, 4.69) is 5.32 Å². The number of nitrogens with one attached hydrogen (secondary N) is 1. The van der Waals surface area contributed by atoms with Gasteiger partial charge >= 0.3 is 11.9 Å². The quantitative estimate of drug-likeness (QED) is 0.868. The molecule has 2 aromatic carbocycles. The fourth-order valence-electron chi connectivity index (χ4n) is 3.58. The van der Waals surface area contributed by atoms with Gasteiger partial charge in [0.05, 0.1) is 26.1 Å². The van der Waals surface area contributed by atoms with Crippen molar-refractivity contribution in [1.29, 1.82) is 0 Å². The second-order valence-corrected chi connectivity index (χ2v) is 6.04. The zero-order valence-electron chi connectivity index (χ0n) is 14.2. The molecule has 1 aliphatic heterocycles. The largest absolute Gasteiger partial charge is 0.469 e. The maximum Gasteiger partial charge on any atom is 0.311 e. The molecule has 2 aromatic rings. The SMILES string of the molecule is COC(=O)[C@H]1[C@H](C(=O)OC)[C@@H](c2ccccc2)N[C@@H]1c1ccccc1. The maximum atomic E-state index is 12.5. The highest BCUT2D eigenvalue weighted by molar-refractivity contribution is 5.84. The van der Waals surface area contributed by atoms with Crippen molar-refractivity contribution in [2.75, 3.05) is 14.2 Å². The van der Waals surface area contributed by atoms with Gasteiger partial charge in [-0.2, -0.15) is 0 Å². The van der Waals surface area contributed by atoms with Crippen molar-refractivity contribution < 1.29 is 19.1 Å². The van der Waals surface area contributed by atoms with Gasteiger partial charge in [0.25, 0.3) is 0 Å². The number of carbonyl (C=O) groups excluding carboxylic acids is 2. The Morgan fingerprint density at radius 2 is 1.08 bits per heavy atom. The number of benzene rings is 2. The molecule has 5 nitrogen and oxygen atoms in total. The van der Waals surface area contributed by atoms with E-state index in [0.29, 0.717) is 0 Å². The van der Waals surface area contributed by atoms with Gasteiger partial charge in [-0.1, -0.05) is 60.7 Å². The van der Waals surface area contributed by atoms with E-state index in [1.54, 1.807) is 0 Å². The van der Waals surface area contributed by atoms with Crippen LogP contribution < -0.4 is 5.32 Å². The van der Waals surface area contributed by atoms with E-state index in [0.717, 1.165) is 11.1 Å². The first-order chi connectivity index (χ1) is 12.2. The van der Waals surface area contributed by atoms with Crippen LogP contribution in [0.15, 0.2) is 60.7 Å². The zero-order chi connectivity index (χ0) is 17.8. The number of esters is 2. The van der Waals surface area contributed by atoms with E-state index >= 15 is 0 Å². The van der Waals surface area contributed by atoms with Gasteiger partial charge < -0.3 is 14.8 Å². The molecule has 1 aliphatic rings. The van der Waals surface area contributed by atoms with Crippen LogP contribution in [0, 0.1) is 11.8 Å². The molecule has 4 atom stereocenters. The lowest BCUT2D eigenvalue weighted by atomic mass is 9.82. The Bertz CT molecular complexity index is 668. The lowest BCUT2D eigenvalue weighted by Crippen LogP contribution is -2.32. The standard InChI is InChI=1S/C20H21NO4/c1-24-19(22)15-16(20(23)25-2)18(14-11-7-4-8-12-14)21-17(15)13-9-5-3-6-10-13/h3-12,15-18,21H,1-2H3/t15-,16-,17+,18+/m0/s1. The molecular weight excluding hydrogens is 318 g/mol. The average molecular weight is 339 g/mol. The summed E-state index contributed by atoms with van der Waals surface area (Å²) in [5.41, 5.74) is 1.87. The van der Waals surface area contributed by atoms with E-state index in [9.17, 15) is 9.59 Å². The highest BCUT2D eigenvalue weighted by atomic mass is 16.5. The smallest absolute Gasteiger partial charge is 0.311 e. The Morgan fingerprint density at radius 3 is 1.40 bits per heavy atom. The molecular formula is C20H21NO4. The van der Waals surface area contributed by atoms with Gasteiger partial charge in [-0.25, -0.2) is 0 Å². The molecule has 0 aromatic heterocycles. The van der Waals surface area contributed by atoms with Crippen molar-refractivity contribution in [3.63, 3.8) is 0 Å². The van der Waals surface area contributed by atoms with Gasteiger partial charge in [0.1, 0.15) is 0 Å². The molecule has 130 valence electrons. The van der Waals surface area contributed by atoms with Crippen molar-refractivity contribution in [3.8, 4) is 0 Å². The van der Waals surface area contributed by atoms with Gasteiger partial charge in [0, 0.05) is 12.1 Å². The fourth-order valence-corrected chi connectivity index (χ4v) is 3.58. The fraction of sp³-hybridized carbons (Fsp3) is 0.300. The molecule has 0 radical (unpaired) electrons. The van der Waals surface area contributed by atoms with E-state index in [1.165, 1.54) is 14.2 Å². The normalized spacial score (nSPS) is 25.4. The molecule has 1 saturated heterocycles. The first-order valence-corrected chi connectivity index (χ1v) is 8.19. The Morgan fingerprint density at radius 1 is 0.720 bits per heavy atom. The van der Waals surface area contributed by atoms with E-state index in [1.807, 2.05) is 60.7 Å². The Hall–Kier alpha value is -2.66. The molecule has 0 bridgehead atoms. The molecule has 0 aliphatic carbocycles. The number of hydrogen-bond acceptors (Lipinski definition) is 5. The third-order valence-corrected chi connectivity index (χ3v) is 4.73. The highest BCUT2D eigenvalue weighted by Gasteiger charge is 2.52. The van der Waals surface area contributed by atoms with Crippen LogP contribution in [0.4, 0.5) is 0 Å². The topological polar surface area (TPSA) is 64.6 Å². The van der Waals surface area contributed by atoms with Crippen LogP contribution >= 0.6 is 0 Å². The zero-order valence-corrected chi connectivity index (χ0v) is 14.2. The summed E-state index contributed by atoms with van der Waals surface area (Å²) in [6, 6.07) is 18.6. The molecule has 0 amide bonds. The summed E-state index contributed by atoms with van der Waals surface area (Å²) in [4.78, 5) is 25.1. The van der Waals surface area contributed by atoms with Crippen molar-refractivity contribution in [2.24, 2.45) is 11.8 Å². The summed E-state index contributed by atoms with van der Waals surface area (Å²) in [5.74, 6) is -2.17. The minimum absolute atomic E-state index is 0.331. The van der Waals surface area contributed by atoms with Crippen LogP contribution in [0.3, 0.4) is 0 Å².